The first-order valence-corrected chi connectivity index (χ1v) is 7.97. The van der Waals surface area contributed by atoms with E-state index in [0.717, 1.165) is 12.5 Å². The van der Waals surface area contributed by atoms with Crippen LogP contribution in [0.15, 0.2) is 24.3 Å². The Balaban J connectivity index is 2.01. The molecule has 1 saturated heterocycles. The first-order chi connectivity index (χ1) is 9.37. The molecule has 2 rings (SSSR count). The van der Waals surface area contributed by atoms with Crippen molar-refractivity contribution in [2.24, 2.45) is 5.92 Å². The highest BCUT2D eigenvalue weighted by Gasteiger charge is 2.26. The lowest BCUT2D eigenvalue weighted by molar-refractivity contribution is 0.424. The lowest BCUT2D eigenvalue weighted by atomic mass is 10.0. The second-order valence-electron chi connectivity index (χ2n) is 7.42. The van der Waals surface area contributed by atoms with E-state index in [1.807, 2.05) is 0 Å². The number of benzene rings is 1. The fourth-order valence-electron chi connectivity index (χ4n) is 2.98. The number of nitrogens with one attached hydrogen (secondary N) is 1. The molecule has 20 heavy (non-hydrogen) atoms. The van der Waals surface area contributed by atoms with E-state index in [-0.39, 0.29) is 5.54 Å². The van der Waals surface area contributed by atoms with Crippen LogP contribution < -0.4 is 10.2 Å². The highest BCUT2D eigenvalue weighted by Crippen LogP contribution is 2.29. The van der Waals surface area contributed by atoms with Gasteiger partial charge < -0.3 is 10.2 Å². The van der Waals surface area contributed by atoms with E-state index in [1.54, 1.807) is 0 Å². The fraction of sp³-hybridized carbons (Fsp3) is 0.667. The monoisotopic (exact) mass is 274 g/mol. The lowest BCUT2D eigenvalue weighted by Crippen LogP contribution is -2.35. The maximum Gasteiger partial charge on any atom is 0.0368 e. The van der Waals surface area contributed by atoms with Crippen LogP contribution in [-0.4, -0.2) is 18.1 Å². The third-order valence-corrected chi connectivity index (χ3v) is 4.16. The van der Waals surface area contributed by atoms with Gasteiger partial charge in [0.05, 0.1) is 0 Å². The number of rotatable bonds is 4. The molecule has 1 heterocycles. The standard InChI is InChI=1S/C18H30N2/c1-14(2)17-7-6-12-20(17)16-10-8-15(9-11-16)13-19-18(3,4)5/h8-11,14,17,19H,6-7,12-13H2,1-5H3. The van der Waals surface area contributed by atoms with Crippen molar-refractivity contribution in [3.63, 3.8) is 0 Å². The average molecular weight is 274 g/mol. The molecule has 2 heteroatoms. The van der Waals surface area contributed by atoms with Gasteiger partial charge in [0, 0.05) is 30.4 Å². The second kappa shape index (κ2) is 6.17. The van der Waals surface area contributed by atoms with Gasteiger partial charge in [-0.15, -0.1) is 0 Å². The molecule has 1 atom stereocenters. The van der Waals surface area contributed by atoms with Crippen molar-refractivity contribution in [2.75, 3.05) is 11.4 Å². The number of anilines is 1. The summed E-state index contributed by atoms with van der Waals surface area (Å²) in [5.41, 5.74) is 2.93. The Bertz CT molecular complexity index is 414. The van der Waals surface area contributed by atoms with E-state index in [1.165, 1.54) is 30.6 Å². The summed E-state index contributed by atoms with van der Waals surface area (Å²) >= 11 is 0. The Hall–Kier alpha value is -1.02. The van der Waals surface area contributed by atoms with Gasteiger partial charge in [0.2, 0.25) is 0 Å². The number of hydrogen-bond donors (Lipinski definition) is 1. The molecule has 1 aliphatic rings. The Morgan fingerprint density at radius 2 is 1.85 bits per heavy atom. The molecule has 112 valence electrons. The molecule has 2 nitrogen and oxygen atoms in total. The third-order valence-electron chi connectivity index (χ3n) is 4.16. The quantitative estimate of drug-likeness (QED) is 0.885. The Morgan fingerprint density at radius 1 is 1.20 bits per heavy atom. The Kier molecular flexibility index (Phi) is 4.74. The van der Waals surface area contributed by atoms with E-state index >= 15 is 0 Å². The zero-order valence-electron chi connectivity index (χ0n) is 13.7. The van der Waals surface area contributed by atoms with E-state index in [0.29, 0.717) is 6.04 Å². The molecule has 0 amide bonds. The van der Waals surface area contributed by atoms with Crippen molar-refractivity contribution in [3.8, 4) is 0 Å². The van der Waals surface area contributed by atoms with Gasteiger partial charge in [0.25, 0.3) is 0 Å². The van der Waals surface area contributed by atoms with Gasteiger partial charge in [-0.3, -0.25) is 0 Å². The lowest BCUT2D eigenvalue weighted by Gasteiger charge is -2.30. The molecule has 1 fully saturated rings. The van der Waals surface area contributed by atoms with Gasteiger partial charge in [0.1, 0.15) is 0 Å². The molecule has 0 saturated carbocycles. The van der Waals surface area contributed by atoms with E-state index in [9.17, 15) is 0 Å². The summed E-state index contributed by atoms with van der Waals surface area (Å²) in [6.45, 7) is 13.4. The molecule has 0 spiro atoms. The van der Waals surface area contributed by atoms with Crippen LogP contribution >= 0.6 is 0 Å². The molecule has 1 N–H and O–H groups in total. The van der Waals surface area contributed by atoms with Gasteiger partial charge in [0.15, 0.2) is 0 Å². The minimum atomic E-state index is 0.177. The molecule has 0 aromatic heterocycles. The predicted octanol–water partition coefficient (Wildman–Crippen LogP) is 4.20. The van der Waals surface area contributed by atoms with Crippen molar-refractivity contribution >= 4 is 5.69 Å². The van der Waals surface area contributed by atoms with Crippen LogP contribution in [0.4, 0.5) is 5.69 Å². The molecule has 1 aliphatic heterocycles. The minimum Gasteiger partial charge on any atom is -0.368 e. The van der Waals surface area contributed by atoms with Gasteiger partial charge >= 0.3 is 0 Å². The Morgan fingerprint density at radius 3 is 2.40 bits per heavy atom. The van der Waals surface area contributed by atoms with Gasteiger partial charge in [-0.25, -0.2) is 0 Å². The maximum absolute atomic E-state index is 3.54. The van der Waals surface area contributed by atoms with Crippen molar-refractivity contribution in [1.82, 2.24) is 5.32 Å². The topological polar surface area (TPSA) is 15.3 Å². The maximum atomic E-state index is 3.54. The van der Waals surface area contributed by atoms with Gasteiger partial charge in [-0.2, -0.15) is 0 Å². The summed E-state index contributed by atoms with van der Waals surface area (Å²) in [5.74, 6) is 0.736. The zero-order chi connectivity index (χ0) is 14.8. The molecule has 1 aromatic carbocycles. The summed E-state index contributed by atoms with van der Waals surface area (Å²) in [7, 11) is 0. The van der Waals surface area contributed by atoms with Gasteiger partial charge in [-0.05, 0) is 57.2 Å². The van der Waals surface area contributed by atoms with Crippen molar-refractivity contribution < 1.29 is 0 Å². The van der Waals surface area contributed by atoms with Crippen LogP contribution in [0.25, 0.3) is 0 Å². The molecule has 1 unspecified atom stereocenters. The van der Waals surface area contributed by atoms with Gasteiger partial charge in [-0.1, -0.05) is 26.0 Å². The Labute approximate surface area is 124 Å². The number of hydrogen-bond acceptors (Lipinski definition) is 2. The van der Waals surface area contributed by atoms with Crippen LogP contribution in [0.5, 0.6) is 0 Å². The van der Waals surface area contributed by atoms with Crippen LogP contribution in [0.3, 0.4) is 0 Å². The van der Waals surface area contributed by atoms with Crippen molar-refractivity contribution in [1.29, 1.82) is 0 Å². The van der Waals surface area contributed by atoms with E-state index in [2.05, 4.69) is 69.1 Å². The largest absolute Gasteiger partial charge is 0.368 e. The molecule has 0 bridgehead atoms. The van der Waals surface area contributed by atoms with Crippen LogP contribution in [0.1, 0.15) is 53.0 Å². The zero-order valence-corrected chi connectivity index (χ0v) is 13.7. The van der Waals surface area contributed by atoms with E-state index in [4.69, 9.17) is 0 Å². The molecule has 1 aromatic rings. The summed E-state index contributed by atoms with van der Waals surface area (Å²) in [6, 6.07) is 9.84. The van der Waals surface area contributed by atoms with Crippen LogP contribution in [-0.2, 0) is 6.54 Å². The summed E-state index contributed by atoms with van der Waals surface area (Å²) in [6.07, 6.45) is 2.67. The molecular formula is C18H30N2. The third kappa shape index (κ3) is 3.99. The normalized spacial score (nSPS) is 19.9. The van der Waals surface area contributed by atoms with Crippen LogP contribution in [0.2, 0.25) is 0 Å². The summed E-state index contributed by atoms with van der Waals surface area (Å²) in [4.78, 5) is 2.59. The SMILES string of the molecule is CC(C)C1CCCN1c1ccc(CNC(C)(C)C)cc1. The molecule has 0 radical (unpaired) electrons. The molecule has 0 aliphatic carbocycles. The van der Waals surface area contributed by atoms with E-state index < -0.39 is 0 Å². The average Bonchev–Trinajstić information content (AvgIpc) is 2.85. The predicted molar refractivity (Wildman–Crippen MR) is 88.2 cm³/mol. The minimum absolute atomic E-state index is 0.177. The second-order valence-corrected chi connectivity index (χ2v) is 7.42. The van der Waals surface area contributed by atoms with Crippen LogP contribution in [0, 0.1) is 5.92 Å². The van der Waals surface area contributed by atoms with Crippen molar-refractivity contribution in [3.05, 3.63) is 29.8 Å². The first-order valence-electron chi connectivity index (χ1n) is 7.97. The molecular weight excluding hydrogens is 244 g/mol. The fourth-order valence-corrected chi connectivity index (χ4v) is 2.98. The highest BCUT2D eigenvalue weighted by molar-refractivity contribution is 5.49. The number of nitrogens with zero attached hydrogens (tertiary/aromatic N) is 1. The highest BCUT2D eigenvalue weighted by atomic mass is 15.2. The first kappa shape index (κ1) is 15.4. The summed E-state index contributed by atoms with van der Waals surface area (Å²) in [5, 5.41) is 3.54. The van der Waals surface area contributed by atoms with Crippen molar-refractivity contribution in [2.45, 2.75) is 65.6 Å². The smallest absolute Gasteiger partial charge is 0.0368 e. The summed E-state index contributed by atoms with van der Waals surface area (Å²) < 4.78 is 0.